The number of hydrogen-bond donors (Lipinski definition) is 0. The Hall–Kier alpha value is -1.11. The van der Waals surface area contributed by atoms with Crippen molar-refractivity contribution < 1.29 is 8.42 Å². The third kappa shape index (κ3) is 4.10. The van der Waals surface area contributed by atoms with Gasteiger partial charge in [-0.2, -0.15) is 17.0 Å². The summed E-state index contributed by atoms with van der Waals surface area (Å²) in [6.07, 6.45) is 0.799. The van der Waals surface area contributed by atoms with Gasteiger partial charge >= 0.3 is 0 Å². The molecule has 1 heterocycles. The van der Waals surface area contributed by atoms with Crippen LogP contribution in [-0.4, -0.2) is 30.1 Å². The molecule has 3 rings (SSSR count). The quantitative estimate of drug-likeness (QED) is 0.800. The number of benzene rings is 2. The predicted molar refractivity (Wildman–Crippen MR) is 97.3 cm³/mol. The molecule has 0 unspecified atom stereocenters. The van der Waals surface area contributed by atoms with Crippen LogP contribution in [0.3, 0.4) is 0 Å². The van der Waals surface area contributed by atoms with Gasteiger partial charge in [-0.3, -0.25) is 0 Å². The van der Waals surface area contributed by atoms with Crippen molar-refractivity contribution in [1.29, 1.82) is 0 Å². The summed E-state index contributed by atoms with van der Waals surface area (Å²) in [4.78, 5) is 0. The Labute approximate surface area is 152 Å². The molecule has 1 saturated heterocycles. The van der Waals surface area contributed by atoms with Gasteiger partial charge in [0.1, 0.15) is 0 Å². The highest BCUT2D eigenvalue weighted by atomic mass is 35.5. The maximum absolute atomic E-state index is 12.9. The molecule has 1 aliphatic heterocycles. The average molecular weight is 385 g/mol. The van der Waals surface area contributed by atoms with Crippen LogP contribution in [0.25, 0.3) is 0 Å². The fourth-order valence-corrected chi connectivity index (χ4v) is 4.78. The molecule has 1 fully saturated rings. The van der Waals surface area contributed by atoms with Crippen LogP contribution in [0.15, 0.2) is 48.5 Å². The van der Waals surface area contributed by atoms with E-state index in [0.29, 0.717) is 36.2 Å². The van der Waals surface area contributed by atoms with E-state index in [1.165, 1.54) is 8.61 Å². The monoisotopic (exact) mass is 384 g/mol. The highest BCUT2D eigenvalue weighted by Crippen LogP contribution is 2.23. The fraction of sp³-hybridized carbons (Fsp3) is 0.294. The van der Waals surface area contributed by atoms with E-state index in [4.69, 9.17) is 23.2 Å². The largest absolute Gasteiger partial charge is 0.282 e. The molecule has 2 aromatic rings. The van der Waals surface area contributed by atoms with Gasteiger partial charge in [0.15, 0.2) is 0 Å². The first kappa shape index (κ1) is 17.7. The smallest absolute Gasteiger partial charge is 0.195 e. The first-order valence-corrected chi connectivity index (χ1v) is 9.84. The molecule has 0 spiro atoms. The molecule has 128 valence electrons. The van der Waals surface area contributed by atoms with Crippen molar-refractivity contribution in [3.05, 3.63) is 69.7 Å². The lowest BCUT2D eigenvalue weighted by molar-refractivity contribution is 0.276. The summed E-state index contributed by atoms with van der Waals surface area (Å²) in [6.45, 7) is 1.73. The van der Waals surface area contributed by atoms with E-state index in [9.17, 15) is 8.42 Å². The van der Waals surface area contributed by atoms with E-state index in [-0.39, 0.29) is 0 Å². The van der Waals surface area contributed by atoms with E-state index in [2.05, 4.69) is 0 Å². The third-order valence-electron chi connectivity index (χ3n) is 3.99. The van der Waals surface area contributed by atoms with Gasteiger partial charge in [0.05, 0.1) is 0 Å². The van der Waals surface area contributed by atoms with Crippen molar-refractivity contribution in [2.24, 2.45) is 0 Å². The lowest BCUT2D eigenvalue weighted by Gasteiger charge is -2.34. The minimum Gasteiger partial charge on any atom is -0.195 e. The summed E-state index contributed by atoms with van der Waals surface area (Å²) in [7, 11) is -3.49. The highest BCUT2D eigenvalue weighted by Gasteiger charge is 2.33. The molecule has 2 aromatic carbocycles. The lowest BCUT2D eigenvalue weighted by atomic mass is 10.2. The van der Waals surface area contributed by atoms with Crippen LogP contribution in [0, 0.1) is 0 Å². The predicted octanol–water partition coefficient (Wildman–Crippen LogP) is 3.95. The Morgan fingerprint density at radius 1 is 0.833 bits per heavy atom. The van der Waals surface area contributed by atoms with Gasteiger partial charge in [0, 0.05) is 36.2 Å². The number of hydrogen-bond acceptors (Lipinski definition) is 2. The van der Waals surface area contributed by atoms with E-state index < -0.39 is 10.2 Å². The molecule has 0 atom stereocenters. The molecule has 0 amide bonds. The summed E-state index contributed by atoms with van der Waals surface area (Å²) in [5.41, 5.74) is 1.81. The van der Waals surface area contributed by atoms with Crippen LogP contribution in [-0.2, 0) is 23.3 Å². The van der Waals surface area contributed by atoms with Crippen LogP contribution in [0.4, 0.5) is 0 Å². The van der Waals surface area contributed by atoms with Crippen molar-refractivity contribution in [3.8, 4) is 0 Å². The molecular formula is C17H18Cl2N2O2S. The van der Waals surface area contributed by atoms with Crippen LogP contribution in [0.5, 0.6) is 0 Å². The molecule has 0 radical (unpaired) electrons. The van der Waals surface area contributed by atoms with Crippen LogP contribution >= 0.6 is 23.2 Å². The van der Waals surface area contributed by atoms with Crippen molar-refractivity contribution in [2.75, 3.05) is 13.1 Å². The SMILES string of the molecule is O=S1(=O)N(Cc2ccc(Cl)cc2)CCCN1Cc1cccc(Cl)c1. The van der Waals surface area contributed by atoms with Crippen LogP contribution in [0.1, 0.15) is 17.5 Å². The summed E-state index contributed by atoms with van der Waals surface area (Å²) in [6, 6.07) is 14.6. The zero-order chi connectivity index (χ0) is 17.2. The van der Waals surface area contributed by atoms with Gasteiger partial charge in [-0.25, -0.2) is 0 Å². The Morgan fingerprint density at radius 2 is 1.46 bits per heavy atom. The Morgan fingerprint density at radius 3 is 2.08 bits per heavy atom. The average Bonchev–Trinajstić information content (AvgIpc) is 2.53. The number of halogens is 2. The van der Waals surface area contributed by atoms with Gasteiger partial charge in [-0.15, -0.1) is 0 Å². The second kappa shape index (κ2) is 7.42. The first-order valence-electron chi connectivity index (χ1n) is 7.69. The highest BCUT2D eigenvalue weighted by molar-refractivity contribution is 7.86. The second-order valence-electron chi connectivity index (χ2n) is 5.78. The molecule has 0 N–H and O–H groups in total. The maximum Gasteiger partial charge on any atom is 0.282 e. The molecule has 0 saturated carbocycles. The zero-order valence-corrected chi connectivity index (χ0v) is 15.4. The molecule has 7 heteroatoms. The van der Waals surface area contributed by atoms with E-state index in [1.807, 2.05) is 24.3 Å². The summed E-state index contributed by atoms with van der Waals surface area (Å²) in [5.74, 6) is 0. The minimum absolute atomic E-state index is 0.333. The fourth-order valence-electron chi connectivity index (χ4n) is 2.77. The molecular weight excluding hydrogens is 367 g/mol. The summed E-state index contributed by atoms with van der Waals surface area (Å²) >= 11 is 11.9. The van der Waals surface area contributed by atoms with Gasteiger partial charge in [0.2, 0.25) is 0 Å². The maximum atomic E-state index is 12.9. The molecule has 1 aliphatic rings. The molecule has 4 nitrogen and oxygen atoms in total. The topological polar surface area (TPSA) is 40.6 Å². The van der Waals surface area contributed by atoms with Gasteiger partial charge < -0.3 is 0 Å². The normalized spacial score (nSPS) is 18.6. The standard InChI is InChI=1S/C17H18Cl2N2O2S/c18-16-7-5-14(6-8-16)12-20-9-2-10-21(24(20,22)23)13-15-3-1-4-17(19)11-15/h1,3-8,11H,2,9-10,12-13H2. The molecule has 0 aromatic heterocycles. The Balaban J connectivity index is 1.76. The lowest BCUT2D eigenvalue weighted by Crippen LogP contribution is -2.48. The van der Waals surface area contributed by atoms with Crippen molar-refractivity contribution in [2.45, 2.75) is 19.5 Å². The van der Waals surface area contributed by atoms with Gasteiger partial charge in [-0.1, -0.05) is 47.5 Å². The van der Waals surface area contributed by atoms with Crippen molar-refractivity contribution >= 4 is 33.4 Å². The number of nitrogens with zero attached hydrogens (tertiary/aromatic N) is 2. The third-order valence-corrected chi connectivity index (χ3v) is 6.40. The summed E-state index contributed by atoms with van der Waals surface area (Å²) < 4.78 is 28.8. The molecule has 0 bridgehead atoms. The second-order valence-corrected chi connectivity index (χ2v) is 8.59. The van der Waals surface area contributed by atoms with Crippen molar-refractivity contribution in [1.82, 2.24) is 8.61 Å². The zero-order valence-electron chi connectivity index (χ0n) is 13.0. The molecule has 24 heavy (non-hydrogen) atoms. The van der Waals surface area contributed by atoms with Crippen LogP contribution in [0.2, 0.25) is 10.0 Å². The number of rotatable bonds is 4. The van der Waals surface area contributed by atoms with E-state index in [1.54, 1.807) is 24.3 Å². The van der Waals surface area contributed by atoms with Crippen molar-refractivity contribution in [3.63, 3.8) is 0 Å². The first-order chi connectivity index (χ1) is 11.4. The van der Waals surface area contributed by atoms with Gasteiger partial charge in [0.25, 0.3) is 10.2 Å². The summed E-state index contributed by atoms with van der Waals surface area (Å²) in [5, 5.41) is 1.25. The van der Waals surface area contributed by atoms with Crippen LogP contribution < -0.4 is 0 Å². The minimum atomic E-state index is -3.49. The van der Waals surface area contributed by atoms with E-state index >= 15 is 0 Å². The molecule has 0 aliphatic carbocycles. The Bertz CT molecular complexity index is 810. The van der Waals surface area contributed by atoms with E-state index in [0.717, 1.165) is 17.5 Å². The Kier molecular flexibility index (Phi) is 5.47. The van der Waals surface area contributed by atoms with Gasteiger partial charge in [-0.05, 0) is 41.8 Å².